The average Bonchev–Trinajstić information content (AvgIpc) is 3.06. The predicted octanol–water partition coefficient (Wildman–Crippen LogP) is 1.97. The molecule has 0 radical (unpaired) electrons. The fourth-order valence-electron chi connectivity index (χ4n) is 4.32. The molecule has 8 heteroatoms. The molecule has 2 saturated heterocycles. The summed E-state index contributed by atoms with van der Waals surface area (Å²) in [5.41, 5.74) is 3.32. The molecule has 2 atom stereocenters. The smallest absolute Gasteiger partial charge is 0.227 e. The summed E-state index contributed by atoms with van der Waals surface area (Å²) in [6.07, 6.45) is 11.6. The van der Waals surface area contributed by atoms with Crippen LogP contribution in [-0.2, 0) is 7.05 Å². The van der Waals surface area contributed by atoms with Crippen LogP contribution in [0.4, 0.5) is 11.6 Å². The van der Waals surface area contributed by atoms with Crippen LogP contribution in [-0.4, -0.2) is 55.9 Å². The standard InChI is InChI=1S/C18H23N7.ClH/c1-24-11-13(8-21-24)22-18-20-5-4-17(23-18)12-6-14-2-3-15(7-12)25(14)16-9-19-10-16;/h4-6,8,11,14-16,19H,2-3,7,9-10H2,1H3,(H,20,22,23);1H. The Hall–Kier alpha value is -1.96. The zero-order valence-corrected chi connectivity index (χ0v) is 15.6. The summed E-state index contributed by atoms with van der Waals surface area (Å²) in [6, 6.07) is 4.00. The Morgan fingerprint density at radius 3 is 2.81 bits per heavy atom. The van der Waals surface area contributed by atoms with E-state index in [1.54, 1.807) is 10.9 Å². The van der Waals surface area contributed by atoms with Gasteiger partial charge in [0, 0.05) is 50.7 Å². The zero-order chi connectivity index (χ0) is 16.8. The Morgan fingerprint density at radius 1 is 1.23 bits per heavy atom. The summed E-state index contributed by atoms with van der Waals surface area (Å²) < 4.78 is 1.76. The Morgan fingerprint density at radius 2 is 2.12 bits per heavy atom. The zero-order valence-electron chi connectivity index (χ0n) is 14.8. The van der Waals surface area contributed by atoms with Crippen molar-refractivity contribution in [2.24, 2.45) is 7.05 Å². The summed E-state index contributed by atoms with van der Waals surface area (Å²) in [6.45, 7) is 2.28. The van der Waals surface area contributed by atoms with Crippen molar-refractivity contribution in [1.82, 2.24) is 30.0 Å². The molecule has 2 unspecified atom stereocenters. The van der Waals surface area contributed by atoms with Gasteiger partial charge in [-0.2, -0.15) is 5.10 Å². The van der Waals surface area contributed by atoms with Crippen molar-refractivity contribution in [3.63, 3.8) is 0 Å². The molecule has 7 nitrogen and oxygen atoms in total. The van der Waals surface area contributed by atoms with Crippen LogP contribution in [0.2, 0.25) is 0 Å². The number of nitrogens with zero attached hydrogens (tertiary/aromatic N) is 5. The highest BCUT2D eigenvalue weighted by atomic mass is 35.5. The lowest BCUT2D eigenvalue weighted by atomic mass is 9.95. The van der Waals surface area contributed by atoms with Crippen molar-refractivity contribution in [2.45, 2.75) is 37.4 Å². The number of fused-ring (bicyclic) bond motifs is 2. The van der Waals surface area contributed by atoms with Gasteiger partial charge < -0.3 is 10.6 Å². The van der Waals surface area contributed by atoms with Crippen LogP contribution in [0.3, 0.4) is 0 Å². The molecule has 138 valence electrons. The van der Waals surface area contributed by atoms with Gasteiger partial charge in [0.15, 0.2) is 0 Å². The number of rotatable bonds is 4. The van der Waals surface area contributed by atoms with E-state index in [1.165, 1.54) is 18.4 Å². The molecule has 0 aromatic carbocycles. The number of nitrogens with one attached hydrogen (secondary N) is 2. The maximum absolute atomic E-state index is 4.74. The van der Waals surface area contributed by atoms with Gasteiger partial charge in [0.1, 0.15) is 0 Å². The first-order valence-electron chi connectivity index (χ1n) is 9.04. The maximum Gasteiger partial charge on any atom is 0.227 e. The molecule has 0 aliphatic carbocycles. The first kappa shape index (κ1) is 17.5. The molecular formula is C18H24ClN7. The van der Waals surface area contributed by atoms with Gasteiger partial charge in [-0.05, 0) is 30.9 Å². The van der Waals surface area contributed by atoms with Crippen molar-refractivity contribution in [3.8, 4) is 0 Å². The first-order chi connectivity index (χ1) is 12.3. The molecule has 2 bridgehead atoms. The second-order valence-corrected chi connectivity index (χ2v) is 7.25. The lowest BCUT2D eigenvalue weighted by Crippen LogP contribution is -2.61. The molecule has 5 heterocycles. The van der Waals surface area contributed by atoms with Gasteiger partial charge in [0.2, 0.25) is 5.95 Å². The van der Waals surface area contributed by atoms with Gasteiger partial charge in [0.25, 0.3) is 0 Å². The number of aromatic nitrogens is 4. The van der Waals surface area contributed by atoms with Crippen molar-refractivity contribution in [1.29, 1.82) is 0 Å². The van der Waals surface area contributed by atoms with Gasteiger partial charge in [-0.3, -0.25) is 9.58 Å². The van der Waals surface area contributed by atoms with E-state index in [4.69, 9.17) is 4.98 Å². The number of halogens is 1. The molecule has 0 spiro atoms. The van der Waals surface area contributed by atoms with Crippen LogP contribution >= 0.6 is 12.4 Å². The number of hydrogen-bond donors (Lipinski definition) is 2. The SMILES string of the molecule is Cl.Cn1cc(Nc2nccc(C3=CC4CCC(C3)N4C3CNC3)n2)cn1. The van der Waals surface area contributed by atoms with E-state index in [-0.39, 0.29) is 12.4 Å². The third-order valence-electron chi connectivity index (χ3n) is 5.58. The van der Waals surface area contributed by atoms with E-state index in [9.17, 15) is 0 Å². The third-order valence-corrected chi connectivity index (χ3v) is 5.58. The first-order valence-corrected chi connectivity index (χ1v) is 9.04. The fourth-order valence-corrected chi connectivity index (χ4v) is 4.32. The molecule has 0 saturated carbocycles. The normalized spacial score (nSPS) is 25.3. The largest absolute Gasteiger partial charge is 0.321 e. The second kappa shape index (κ2) is 6.98. The Bertz CT molecular complexity index is 813. The van der Waals surface area contributed by atoms with Gasteiger partial charge >= 0.3 is 0 Å². The van der Waals surface area contributed by atoms with Gasteiger partial charge in [-0.1, -0.05) is 6.08 Å². The quantitative estimate of drug-likeness (QED) is 0.853. The van der Waals surface area contributed by atoms with E-state index in [0.717, 1.165) is 36.9 Å². The third kappa shape index (κ3) is 3.11. The molecule has 5 rings (SSSR count). The molecule has 2 aromatic heterocycles. The minimum Gasteiger partial charge on any atom is -0.321 e. The summed E-state index contributed by atoms with van der Waals surface area (Å²) in [5.74, 6) is 0.629. The minimum absolute atomic E-state index is 0. The van der Waals surface area contributed by atoms with E-state index >= 15 is 0 Å². The maximum atomic E-state index is 4.74. The minimum atomic E-state index is 0. The monoisotopic (exact) mass is 373 g/mol. The Kier molecular flexibility index (Phi) is 4.69. The summed E-state index contributed by atoms with van der Waals surface area (Å²) in [4.78, 5) is 11.8. The van der Waals surface area contributed by atoms with Crippen LogP contribution in [0.15, 0.2) is 30.7 Å². The average molecular weight is 374 g/mol. The highest BCUT2D eigenvalue weighted by Crippen LogP contribution is 2.39. The van der Waals surface area contributed by atoms with E-state index < -0.39 is 0 Å². The van der Waals surface area contributed by atoms with Crippen LogP contribution in [0, 0.1) is 0 Å². The molecule has 2 fully saturated rings. The summed E-state index contributed by atoms with van der Waals surface area (Å²) >= 11 is 0. The summed E-state index contributed by atoms with van der Waals surface area (Å²) in [5, 5.41) is 10.8. The van der Waals surface area contributed by atoms with E-state index in [1.807, 2.05) is 25.5 Å². The second-order valence-electron chi connectivity index (χ2n) is 7.25. The lowest BCUT2D eigenvalue weighted by molar-refractivity contribution is 0.103. The van der Waals surface area contributed by atoms with Gasteiger partial charge in [-0.15, -0.1) is 12.4 Å². The van der Waals surface area contributed by atoms with E-state index in [2.05, 4.69) is 31.7 Å². The van der Waals surface area contributed by atoms with Crippen LogP contribution < -0.4 is 10.6 Å². The van der Waals surface area contributed by atoms with Crippen LogP contribution in [0.1, 0.15) is 25.0 Å². The van der Waals surface area contributed by atoms with Crippen molar-refractivity contribution in [3.05, 3.63) is 36.4 Å². The lowest BCUT2D eigenvalue weighted by Gasteiger charge is -2.44. The molecule has 0 amide bonds. The Labute approximate surface area is 159 Å². The van der Waals surface area contributed by atoms with Crippen molar-refractivity contribution in [2.75, 3.05) is 18.4 Å². The predicted molar refractivity (Wildman–Crippen MR) is 104 cm³/mol. The highest BCUT2D eigenvalue weighted by molar-refractivity contribution is 5.85. The van der Waals surface area contributed by atoms with Crippen molar-refractivity contribution >= 4 is 29.6 Å². The van der Waals surface area contributed by atoms with E-state index in [0.29, 0.717) is 18.0 Å². The number of hydrogen-bond acceptors (Lipinski definition) is 6. The van der Waals surface area contributed by atoms with Gasteiger partial charge in [0.05, 0.1) is 17.6 Å². The molecule has 3 aliphatic rings. The Balaban J connectivity index is 0.00000168. The highest BCUT2D eigenvalue weighted by Gasteiger charge is 2.42. The molecule has 26 heavy (non-hydrogen) atoms. The van der Waals surface area contributed by atoms with Crippen LogP contribution in [0.25, 0.3) is 5.57 Å². The molecule has 2 N–H and O–H groups in total. The molecule has 2 aromatic rings. The van der Waals surface area contributed by atoms with Crippen LogP contribution in [0.5, 0.6) is 0 Å². The molecule has 3 aliphatic heterocycles. The van der Waals surface area contributed by atoms with Gasteiger partial charge in [-0.25, -0.2) is 9.97 Å². The summed E-state index contributed by atoms with van der Waals surface area (Å²) in [7, 11) is 1.90. The topological polar surface area (TPSA) is 70.9 Å². The number of anilines is 2. The number of aryl methyl sites for hydroxylation is 1. The van der Waals surface area contributed by atoms with Crippen molar-refractivity contribution < 1.29 is 0 Å². The fraction of sp³-hybridized carbons (Fsp3) is 0.500. The molecular weight excluding hydrogens is 350 g/mol.